The summed E-state index contributed by atoms with van der Waals surface area (Å²) < 4.78 is 0. The molecule has 0 saturated carbocycles. The molecule has 0 spiro atoms. The topological polar surface area (TPSA) is 0 Å². The molecule has 0 N–H and O–H groups in total. The van der Waals surface area contributed by atoms with E-state index in [2.05, 4.69) is 256 Å². The molecule has 8 aromatic carbocycles. The van der Waals surface area contributed by atoms with Crippen molar-refractivity contribution in [2.75, 3.05) is 0 Å². The second-order valence-corrected chi connectivity index (χ2v) is 18.2. The monoisotopic (exact) mass is 908 g/mol. The molecule has 328 valence electrons. The van der Waals surface area contributed by atoms with Gasteiger partial charge in [0.25, 0.3) is 0 Å². The van der Waals surface area contributed by atoms with E-state index in [-0.39, 0.29) is 0 Å². The Morgan fingerprint density at radius 3 is 1.35 bits per heavy atom. The Kier molecular flexibility index (Phi) is 14.8. The Hall–Kier alpha value is -7.75. The summed E-state index contributed by atoms with van der Waals surface area (Å²) in [5.41, 5.74) is 16.3. The number of thiophene rings is 1. The maximum absolute atomic E-state index is 4.82. The summed E-state index contributed by atoms with van der Waals surface area (Å²) in [6.07, 6.45) is 21.0. The Balaban J connectivity index is 1.15. The summed E-state index contributed by atoms with van der Waals surface area (Å²) in [5, 5.41) is 2.38. The Bertz CT molecular complexity index is 3220. The third kappa shape index (κ3) is 10.6. The standard InChI is InChI=1S/C66H52S2/c1-3-5-6-19-35-63(67)64-45-44-56(68-64)31-22-34-58-57(4-2)65(54-40-36-48(37-41-54)46-61(50-23-11-7-12-24-50)51-25-13-8-14-26-51)59-32-20-21-33-60(59)66(58)55-42-38-49(39-43-55)47-62(52-27-15-9-16-28-52)53-29-17-10-18-30-53/h3-4,6-30,32-47,67H,1-2,5,31H2/b19-6+,34-22-,63-35-. The first-order valence-corrected chi connectivity index (χ1v) is 24.3. The van der Waals surface area contributed by atoms with E-state index in [1.807, 2.05) is 18.2 Å². The van der Waals surface area contributed by atoms with Gasteiger partial charge >= 0.3 is 0 Å². The molecule has 0 nitrogen and oxygen atoms in total. The molecule has 9 rings (SSSR count). The Morgan fingerprint density at radius 1 is 0.471 bits per heavy atom. The molecule has 0 amide bonds. The van der Waals surface area contributed by atoms with E-state index >= 15 is 0 Å². The van der Waals surface area contributed by atoms with Gasteiger partial charge in [0.05, 0.1) is 0 Å². The third-order valence-corrected chi connectivity index (χ3v) is 13.8. The molecule has 9 aromatic rings. The summed E-state index contributed by atoms with van der Waals surface area (Å²) in [4.78, 5) is 3.37. The zero-order valence-corrected chi connectivity index (χ0v) is 39.7. The summed E-state index contributed by atoms with van der Waals surface area (Å²) in [7, 11) is 0. The smallest absolute Gasteiger partial charge is 0.0406 e. The van der Waals surface area contributed by atoms with E-state index in [4.69, 9.17) is 12.6 Å². The van der Waals surface area contributed by atoms with Gasteiger partial charge in [0.1, 0.15) is 0 Å². The van der Waals surface area contributed by atoms with Crippen molar-refractivity contribution in [1.29, 1.82) is 0 Å². The van der Waals surface area contributed by atoms with Gasteiger partial charge in [-0.15, -0.1) is 30.5 Å². The van der Waals surface area contributed by atoms with Crippen molar-refractivity contribution in [3.05, 3.63) is 304 Å². The van der Waals surface area contributed by atoms with Gasteiger partial charge in [-0.05, 0) is 125 Å². The van der Waals surface area contributed by atoms with E-state index in [1.54, 1.807) is 11.3 Å². The fourth-order valence-corrected chi connectivity index (χ4v) is 9.99. The second kappa shape index (κ2) is 22.2. The van der Waals surface area contributed by atoms with Crippen LogP contribution in [0.3, 0.4) is 0 Å². The van der Waals surface area contributed by atoms with Crippen molar-refractivity contribution in [3.63, 3.8) is 0 Å². The van der Waals surface area contributed by atoms with Crippen LogP contribution >= 0.6 is 24.0 Å². The average Bonchev–Trinajstić information content (AvgIpc) is 3.88. The molecule has 0 aliphatic heterocycles. The van der Waals surface area contributed by atoms with Gasteiger partial charge in [-0.25, -0.2) is 0 Å². The van der Waals surface area contributed by atoms with Crippen LogP contribution in [-0.4, -0.2) is 0 Å². The lowest BCUT2D eigenvalue weighted by Gasteiger charge is -2.20. The zero-order valence-electron chi connectivity index (χ0n) is 38.0. The van der Waals surface area contributed by atoms with Crippen LogP contribution in [0.2, 0.25) is 0 Å². The molecule has 1 aromatic heterocycles. The minimum atomic E-state index is 0.786. The van der Waals surface area contributed by atoms with Crippen molar-refractivity contribution >= 4 is 75.1 Å². The molecule has 0 bridgehead atoms. The molecular formula is C66H52S2. The van der Waals surface area contributed by atoms with Gasteiger partial charge in [-0.3, -0.25) is 0 Å². The molecule has 1 heterocycles. The maximum atomic E-state index is 4.82. The van der Waals surface area contributed by atoms with Crippen LogP contribution in [-0.2, 0) is 6.42 Å². The summed E-state index contributed by atoms with van der Waals surface area (Å²) in [5.74, 6) is 0. The number of hydrogen-bond acceptors (Lipinski definition) is 2. The van der Waals surface area contributed by atoms with Crippen LogP contribution in [0.4, 0.5) is 0 Å². The number of allylic oxidation sites excluding steroid dienone is 5. The lowest BCUT2D eigenvalue weighted by atomic mass is 9.83. The van der Waals surface area contributed by atoms with Crippen LogP contribution in [0.1, 0.15) is 60.7 Å². The highest BCUT2D eigenvalue weighted by Gasteiger charge is 2.19. The minimum absolute atomic E-state index is 0.786. The van der Waals surface area contributed by atoms with Crippen LogP contribution < -0.4 is 0 Å². The number of rotatable bonds is 16. The molecule has 0 atom stereocenters. The van der Waals surface area contributed by atoms with E-state index in [0.29, 0.717) is 0 Å². The highest BCUT2D eigenvalue weighted by molar-refractivity contribution is 7.90. The lowest BCUT2D eigenvalue weighted by molar-refractivity contribution is 1.35. The number of thiol groups is 1. The van der Waals surface area contributed by atoms with Crippen molar-refractivity contribution in [3.8, 4) is 22.3 Å². The third-order valence-electron chi connectivity index (χ3n) is 12.1. The quantitative estimate of drug-likeness (QED) is 0.0425. The molecule has 2 heteroatoms. The summed E-state index contributed by atoms with van der Waals surface area (Å²) >= 11 is 6.60. The minimum Gasteiger partial charge on any atom is -0.142 e. The SMILES string of the molecule is C=CC/C=C/C=C(\S)c1ccc(C/C=C\c2c(C=C)c(-c3ccc(C=C(c4ccccc4)c4ccccc4)cc3)c3ccccc3c2-c2ccc(C=C(c3ccccc3)c3ccccc3)cc2)s1. The highest BCUT2D eigenvalue weighted by Crippen LogP contribution is 2.44. The molecule has 0 unspecified atom stereocenters. The van der Waals surface area contributed by atoms with Crippen LogP contribution in [0, 0.1) is 0 Å². The van der Waals surface area contributed by atoms with Crippen LogP contribution in [0.5, 0.6) is 0 Å². The van der Waals surface area contributed by atoms with E-state index in [0.717, 1.165) is 56.0 Å². The average molecular weight is 909 g/mol. The fourth-order valence-electron chi connectivity index (χ4n) is 8.78. The maximum Gasteiger partial charge on any atom is 0.0406 e. The molecule has 0 radical (unpaired) electrons. The van der Waals surface area contributed by atoms with Crippen LogP contribution in [0.15, 0.2) is 250 Å². The molecule has 0 aliphatic carbocycles. The van der Waals surface area contributed by atoms with Gasteiger partial charge in [-0.1, -0.05) is 237 Å². The number of hydrogen-bond donors (Lipinski definition) is 1. The molecule has 68 heavy (non-hydrogen) atoms. The van der Waals surface area contributed by atoms with Gasteiger partial charge in [0.2, 0.25) is 0 Å². The first kappa shape index (κ1) is 45.4. The summed E-state index contributed by atoms with van der Waals surface area (Å²) in [6.45, 7) is 8.31. The molecule has 0 saturated heterocycles. The second-order valence-electron chi connectivity index (χ2n) is 16.5. The number of benzene rings is 8. The predicted octanol–water partition coefficient (Wildman–Crippen LogP) is 18.7. The van der Waals surface area contributed by atoms with E-state index in [1.165, 1.54) is 60.2 Å². The highest BCUT2D eigenvalue weighted by atomic mass is 32.1. The Labute approximate surface area is 411 Å². The van der Waals surface area contributed by atoms with Crippen LogP contribution in [0.25, 0.3) is 73.4 Å². The van der Waals surface area contributed by atoms with Gasteiger partial charge in [-0.2, -0.15) is 0 Å². The predicted molar refractivity (Wildman–Crippen MR) is 303 cm³/mol. The van der Waals surface area contributed by atoms with Crippen molar-refractivity contribution in [1.82, 2.24) is 0 Å². The van der Waals surface area contributed by atoms with E-state index < -0.39 is 0 Å². The van der Waals surface area contributed by atoms with Gasteiger partial charge in [0.15, 0.2) is 0 Å². The van der Waals surface area contributed by atoms with E-state index in [9.17, 15) is 0 Å². The molecule has 0 aliphatic rings. The fraction of sp³-hybridized carbons (Fsp3) is 0.0303. The van der Waals surface area contributed by atoms with Crippen molar-refractivity contribution < 1.29 is 0 Å². The number of fused-ring (bicyclic) bond motifs is 1. The zero-order chi connectivity index (χ0) is 46.5. The van der Waals surface area contributed by atoms with Gasteiger partial charge in [0, 0.05) is 21.1 Å². The largest absolute Gasteiger partial charge is 0.142 e. The Morgan fingerprint density at radius 2 is 0.912 bits per heavy atom. The summed E-state index contributed by atoms with van der Waals surface area (Å²) in [6, 6.07) is 73.8. The normalized spacial score (nSPS) is 11.5. The first-order chi connectivity index (χ1) is 33.6. The molecule has 0 fully saturated rings. The lowest BCUT2D eigenvalue weighted by Crippen LogP contribution is -1.96. The van der Waals surface area contributed by atoms with Gasteiger partial charge < -0.3 is 0 Å². The van der Waals surface area contributed by atoms with Crippen molar-refractivity contribution in [2.24, 2.45) is 0 Å². The van der Waals surface area contributed by atoms with Crippen molar-refractivity contribution in [2.45, 2.75) is 12.8 Å². The molecular weight excluding hydrogens is 857 g/mol. The first-order valence-electron chi connectivity index (χ1n) is 23.1.